The molecule has 0 unspecified atom stereocenters. The number of benzene rings is 1. The molecule has 28 heavy (non-hydrogen) atoms. The molecule has 1 atom stereocenters. The van der Waals surface area contributed by atoms with Crippen LogP contribution in [0, 0.1) is 5.92 Å². The molecule has 152 valence electrons. The van der Waals surface area contributed by atoms with Crippen LogP contribution in [-0.4, -0.2) is 40.8 Å². The van der Waals surface area contributed by atoms with Gasteiger partial charge in [0.05, 0.1) is 12.6 Å². The second kappa shape index (κ2) is 9.52. The van der Waals surface area contributed by atoms with Gasteiger partial charge in [-0.15, -0.1) is 0 Å². The van der Waals surface area contributed by atoms with Crippen molar-refractivity contribution in [3.8, 4) is 0 Å². The Balaban J connectivity index is 1.84. The molecule has 0 spiro atoms. The molecular weight excluding hydrogens is 370 g/mol. The van der Waals surface area contributed by atoms with Crippen molar-refractivity contribution in [3.05, 3.63) is 45.7 Å². The van der Waals surface area contributed by atoms with Crippen molar-refractivity contribution < 1.29 is 4.74 Å². The average molecular weight is 402 g/mol. The van der Waals surface area contributed by atoms with Gasteiger partial charge in [0.15, 0.2) is 5.11 Å². The highest BCUT2D eigenvalue weighted by Crippen LogP contribution is 2.17. The van der Waals surface area contributed by atoms with Crippen molar-refractivity contribution in [1.29, 1.82) is 0 Å². The lowest BCUT2D eigenvalue weighted by molar-refractivity contribution is 0.0896. The second-order valence-electron chi connectivity index (χ2n) is 7.99. The van der Waals surface area contributed by atoms with Crippen LogP contribution in [-0.2, 0) is 17.7 Å². The Labute approximate surface area is 172 Å². The van der Waals surface area contributed by atoms with Crippen LogP contribution < -0.4 is 10.9 Å². The third kappa shape index (κ3) is 5.32. The molecular formula is C22H31N3O2S. The summed E-state index contributed by atoms with van der Waals surface area (Å²) in [5.74, 6) is 0.499. The van der Waals surface area contributed by atoms with Crippen LogP contribution >= 0.6 is 12.2 Å². The molecule has 0 radical (unpaired) electrons. The van der Waals surface area contributed by atoms with Crippen LogP contribution in [0.15, 0.2) is 29.1 Å². The van der Waals surface area contributed by atoms with Crippen molar-refractivity contribution in [1.82, 2.24) is 15.2 Å². The minimum absolute atomic E-state index is 0.0549. The first-order chi connectivity index (χ1) is 13.5. The second-order valence-corrected chi connectivity index (χ2v) is 8.38. The lowest BCUT2D eigenvalue weighted by atomic mass is 10.1. The molecule has 1 aliphatic rings. The van der Waals surface area contributed by atoms with Crippen LogP contribution in [0.25, 0.3) is 10.9 Å². The maximum atomic E-state index is 12.7. The zero-order valence-corrected chi connectivity index (χ0v) is 17.9. The van der Waals surface area contributed by atoms with Gasteiger partial charge in [0.25, 0.3) is 5.56 Å². The predicted molar refractivity (Wildman–Crippen MR) is 119 cm³/mol. The summed E-state index contributed by atoms with van der Waals surface area (Å²) in [5.41, 5.74) is 2.81. The average Bonchev–Trinajstić information content (AvgIpc) is 3.18. The van der Waals surface area contributed by atoms with Gasteiger partial charge in [-0.3, -0.25) is 4.79 Å². The van der Waals surface area contributed by atoms with E-state index >= 15 is 0 Å². The van der Waals surface area contributed by atoms with E-state index in [0.717, 1.165) is 48.9 Å². The minimum Gasteiger partial charge on any atom is -0.376 e. The van der Waals surface area contributed by atoms with E-state index in [1.54, 1.807) is 0 Å². The summed E-state index contributed by atoms with van der Waals surface area (Å²) in [6.45, 7) is 9.24. The van der Waals surface area contributed by atoms with E-state index in [1.165, 1.54) is 5.56 Å². The van der Waals surface area contributed by atoms with Crippen LogP contribution in [0.3, 0.4) is 0 Å². The molecule has 2 aromatic rings. The number of H-pyrrole nitrogens is 1. The normalized spacial score (nSPS) is 16.6. The zero-order valence-electron chi connectivity index (χ0n) is 17.1. The lowest BCUT2D eigenvalue weighted by Gasteiger charge is -2.28. The van der Waals surface area contributed by atoms with E-state index in [2.05, 4.69) is 48.1 Å². The molecule has 1 aliphatic heterocycles. The fourth-order valence-electron chi connectivity index (χ4n) is 3.50. The van der Waals surface area contributed by atoms with E-state index in [0.29, 0.717) is 24.1 Å². The molecule has 0 bridgehead atoms. The van der Waals surface area contributed by atoms with Gasteiger partial charge in [0, 0.05) is 30.8 Å². The fourth-order valence-corrected chi connectivity index (χ4v) is 3.72. The van der Waals surface area contributed by atoms with Crippen molar-refractivity contribution in [3.63, 3.8) is 0 Å². The number of aryl methyl sites for hydroxylation is 1. The third-order valence-corrected chi connectivity index (χ3v) is 5.55. The number of ether oxygens (including phenoxy) is 1. The molecule has 6 heteroatoms. The number of nitrogens with one attached hydrogen (secondary N) is 2. The largest absolute Gasteiger partial charge is 0.376 e. The Hall–Kier alpha value is -1.92. The highest BCUT2D eigenvalue weighted by molar-refractivity contribution is 7.80. The molecule has 0 aliphatic carbocycles. The van der Waals surface area contributed by atoms with Gasteiger partial charge in [-0.25, -0.2) is 0 Å². The van der Waals surface area contributed by atoms with Gasteiger partial charge >= 0.3 is 0 Å². The summed E-state index contributed by atoms with van der Waals surface area (Å²) in [6.07, 6.45) is 3.27. The van der Waals surface area contributed by atoms with E-state index in [1.807, 2.05) is 12.1 Å². The number of fused-ring (bicyclic) bond motifs is 1. The summed E-state index contributed by atoms with van der Waals surface area (Å²) in [5, 5.41) is 5.09. The van der Waals surface area contributed by atoms with Crippen LogP contribution in [0.5, 0.6) is 0 Å². The molecule has 5 nitrogen and oxygen atoms in total. The van der Waals surface area contributed by atoms with Gasteiger partial charge in [-0.05, 0) is 66.5 Å². The predicted octanol–water partition coefficient (Wildman–Crippen LogP) is 3.60. The van der Waals surface area contributed by atoms with Crippen molar-refractivity contribution in [2.75, 3.05) is 19.7 Å². The third-order valence-electron chi connectivity index (χ3n) is 5.15. The number of nitrogens with zero attached hydrogens (tertiary/aromatic N) is 1. The number of hydrogen-bond acceptors (Lipinski definition) is 3. The molecule has 2 N–H and O–H groups in total. The van der Waals surface area contributed by atoms with E-state index in [-0.39, 0.29) is 11.7 Å². The number of aromatic amines is 1. The van der Waals surface area contributed by atoms with Crippen LogP contribution in [0.4, 0.5) is 0 Å². The number of thiocarbonyl (C=S) groups is 1. The molecule has 1 saturated heterocycles. The molecule has 1 fully saturated rings. The van der Waals surface area contributed by atoms with Crippen molar-refractivity contribution in [2.45, 2.75) is 52.7 Å². The Morgan fingerprint density at radius 1 is 1.39 bits per heavy atom. The highest BCUT2D eigenvalue weighted by Gasteiger charge is 2.22. The smallest absolute Gasteiger partial charge is 0.253 e. The lowest BCUT2D eigenvalue weighted by Crippen LogP contribution is -2.44. The summed E-state index contributed by atoms with van der Waals surface area (Å²) in [6, 6.07) is 8.19. The highest BCUT2D eigenvalue weighted by atomic mass is 32.1. The van der Waals surface area contributed by atoms with Gasteiger partial charge in [-0.1, -0.05) is 26.8 Å². The van der Waals surface area contributed by atoms with Crippen molar-refractivity contribution >= 4 is 28.2 Å². The minimum atomic E-state index is -0.0549. The van der Waals surface area contributed by atoms with Crippen molar-refractivity contribution in [2.24, 2.45) is 5.92 Å². The quantitative estimate of drug-likeness (QED) is 0.694. The molecule has 3 rings (SSSR count). The standard InChI is InChI=1S/C22H31N3O2S/c1-4-16-7-8-20-17(10-16)11-18(21(26)24-20)13-25(14-19-6-5-9-27-19)22(28)23-12-15(2)3/h7-8,10-11,15,19H,4-6,9,12-14H2,1-3H3,(H,23,28)(H,24,26)/t19-/m0/s1. The summed E-state index contributed by atoms with van der Waals surface area (Å²) >= 11 is 5.65. The fraction of sp³-hybridized carbons (Fsp3) is 0.545. The number of pyridine rings is 1. The summed E-state index contributed by atoms with van der Waals surface area (Å²) in [7, 11) is 0. The van der Waals surface area contributed by atoms with Gasteiger partial charge in [-0.2, -0.15) is 0 Å². The zero-order chi connectivity index (χ0) is 20.1. The van der Waals surface area contributed by atoms with Gasteiger partial charge < -0.3 is 19.9 Å². The molecule has 1 aromatic heterocycles. The summed E-state index contributed by atoms with van der Waals surface area (Å²) < 4.78 is 5.81. The molecule has 2 heterocycles. The number of rotatable bonds is 7. The number of aromatic nitrogens is 1. The van der Waals surface area contributed by atoms with E-state index in [4.69, 9.17) is 17.0 Å². The first-order valence-corrected chi connectivity index (χ1v) is 10.7. The van der Waals surface area contributed by atoms with E-state index < -0.39 is 0 Å². The van der Waals surface area contributed by atoms with Crippen LogP contribution in [0.2, 0.25) is 0 Å². The molecule has 0 amide bonds. The molecule has 0 saturated carbocycles. The van der Waals surface area contributed by atoms with E-state index in [9.17, 15) is 4.79 Å². The first kappa shape index (κ1) is 20.8. The van der Waals surface area contributed by atoms with Crippen LogP contribution in [0.1, 0.15) is 44.7 Å². The Bertz CT molecular complexity index is 872. The monoisotopic (exact) mass is 401 g/mol. The Kier molecular flexibility index (Phi) is 7.08. The Morgan fingerprint density at radius 3 is 2.89 bits per heavy atom. The van der Waals surface area contributed by atoms with Gasteiger partial charge in [0.2, 0.25) is 0 Å². The molecule has 1 aromatic carbocycles. The maximum absolute atomic E-state index is 12.7. The maximum Gasteiger partial charge on any atom is 0.253 e. The Morgan fingerprint density at radius 2 is 2.21 bits per heavy atom. The van der Waals surface area contributed by atoms with Gasteiger partial charge in [0.1, 0.15) is 0 Å². The topological polar surface area (TPSA) is 57.4 Å². The summed E-state index contributed by atoms with van der Waals surface area (Å²) in [4.78, 5) is 17.8. The SMILES string of the molecule is CCc1ccc2[nH]c(=O)c(CN(C[C@@H]3CCCO3)C(=S)NCC(C)C)cc2c1. The number of hydrogen-bond donors (Lipinski definition) is 2. The first-order valence-electron chi connectivity index (χ1n) is 10.3.